The molecule has 0 atom stereocenters. The number of ether oxygens (including phenoxy) is 1. The van der Waals surface area contributed by atoms with Crippen molar-refractivity contribution in [3.63, 3.8) is 0 Å². The molecule has 0 bridgehead atoms. The molecule has 4 aromatic heterocycles. The summed E-state index contributed by atoms with van der Waals surface area (Å²) in [6.45, 7) is -0.486. The second-order valence-electron chi connectivity index (χ2n) is 28.5. The first-order valence-electron chi connectivity index (χ1n) is 36.8. The molecule has 4 aliphatic rings. The molecule has 20 aromatic rings. The maximum atomic E-state index is 7.51. The smallest absolute Gasteiger partial charge is 0.256 e. The number of benzene rings is 16. The van der Waals surface area contributed by atoms with Gasteiger partial charge < -0.3 is 29.2 Å². The van der Waals surface area contributed by atoms with Crippen LogP contribution in [0.4, 0.5) is 85.3 Å². The van der Waals surface area contributed by atoms with E-state index < -0.39 is 0 Å². The van der Waals surface area contributed by atoms with Gasteiger partial charge in [-0.15, -0.1) is 45.3 Å². The van der Waals surface area contributed by atoms with E-state index in [0.29, 0.717) is 0 Å². The fraction of sp³-hybridized carbons (Fsp3) is 0. The molecule has 0 saturated carbocycles. The summed E-state index contributed by atoms with van der Waals surface area (Å²) in [5.74, 6) is 1.69. The quantitative estimate of drug-likeness (QED) is 0.134. The third kappa shape index (κ3) is 8.76. The maximum Gasteiger partial charge on any atom is 0.256 e. The number of hydrogen-bond donors (Lipinski definition) is 0. The van der Waals surface area contributed by atoms with Crippen LogP contribution in [0.3, 0.4) is 0 Å². The summed E-state index contributed by atoms with van der Waals surface area (Å²) in [6, 6.07) is 130. The summed E-state index contributed by atoms with van der Waals surface area (Å²) in [5, 5.41) is 9.94. The van der Waals surface area contributed by atoms with Crippen LogP contribution in [0.15, 0.2) is 346 Å². The minimum atomic E-state index is -0.251. The minimum absolute atomic E-state index is 0.235. The molecule has 108 heavy (non-hydrogen) atoms. The molecule has 0 radical (unpaired) electrons. The van der Waals surface area contributed by atoms with Crippen LogP contribution in [0.25, 0.3) is 80.7 Å². The van der Waals surface area contributed by atoms with Gasteiger partial charge in [-0.1, -0.05) is 200 Å². The first-order valence-corrected chi connectivity index (χ1v) is 40.0. The molecule has 12 heteroatoms. The zero-order chi connectivity index (χ0) is 70.4. The lowest BCUT2D eigenvalue weighted by Gasteiger charge is -2.47. The van der Waals surface area contributed by atoms with E-state index in [2.05, 4.69) is 370 Å². The van der Waals surface area contributed by atoms with Gasteiger partial charge in [0.2, 0.25) is 0 Å². The van der Waals surface area contributed by atoms with Gasteiger partial charge in [-0.25, -0.2) is 0 Å². The predicted octanol–water partition coefficient (Wildman–Crippen LogP) is 24.6. The van der Waals surface area contributed by atoms with Crippen LogP contribution >= 0.6 is 45.3 Å². The van der Waals surface area contributed by atoms with Gasteiger partial charge in [-0.3, -0.25) is 0 Å². The number of fused-ring (bicyclic) bond motifs is 20. The molecule has 0 saturated heterocycles. The lowest BCUT2D eigenvalue weighted by Crippen LogP contribution is -2.64. The number of nitrogens with zero attached hydrogens (tertiary/aromatic N) is 5. The van der Waals surface area contributed by atoms with Crippen LogP contribution in [0.2, 0.25) is 0 Å². The lowest BCUT2D eigenvalue weighted by molar-refractivity contribution is 0.487. The molecule has 6 nitrogen and oxygen atoms in total. The Labute approximate surface area is 639 Å². The monoisotopic (exact) mass is 1450 g/mol. The normalized spacial score (nSPS) is 13.2. The van der Waals surface area contributed by atoms with Crippen molar-refractivity contribution in [2.45, 2.75) is 0 Å². The highest BCUT2D eigenvalue weighted by Gasteiger charge is 2.49. The summed E-state index contributed by atoms with van der Waals surface area (Å²) in [7, 11) is 0. The van der Waals surface area contributed by atoms with Crippen LogP contribution in [0.5, 0.6) is 11.5 Å². The summed E-state index contributed by atoms with van der Waals surface area (Å²) >= 11 is 7.46. The van der Waals surface area contributed by atoms with Gasteiger partial charge in [0.25, 0.3) is 13.4 Å². The average Bonchev–Trinajstić information content (AvgIpc) is 0.690. The van der Waals surface area contributed by atoms with Gasteiger partial charge in [-0.2, -0.15) is 0 Å². The van der Waals surface area contributed by atoms with Crippen LogP contribution in [0.1, 0.15) is 0 Å². The summed E-state index contributed by atoms with van der Waals surface area (Å²) in [5.41, 5.74) is 23.6. The van der Waals surface area contributed by atoms with Crippen molar-refractivity contribution in [2.75, 3.05) is 24.5 Å². The highest BCUT2D eigenvalue weighted by Crippen LogP contribution is 2.56. The Hall–Kier alpha value is -12.7. The summed E-state index contributed by atoms with van der Waals surface area (Å²) < 4.78 is 17.5. The SMILES string of the molecule is c1ccc(N2c3cc4c(cc3B3c5ccccc5Oc5cc(N(c6ccccc6)c6cccc7c6sc6ccccc67)cc2c53)B2c3ccccc3N(c3cccc5sc6ccccc6c35)c3cc(N(c5ccccc5)c5cccc6sc7ccccc7c56)cc(c32)N4c2cccc3sc4ccccc4c23)cc1. The van der Waals surface area contributed by atoms with Crippen molar-refractivity contribution in [2.24, 2.45) is 0 Å². The van der Waals surface area contributed by atoms with Crippen molar-refractivity contribution < 1.29 is 4.74 Å². The highest BCUT2D eigenvalue weighted by molar-refractivity contribution is 7.27. The first kappa shape index (κ1) is 60.6. The molecule has 0 N–H and O–H groups in total. The van der Waals surface area contributed by atoms with E-state index in [1.807, 2.05) is 45.3 Å². The summed E-state index contributed by atoms with van der Waals surface area (Å²) in [6.07, 6.45) is 0. The van der Waals surface area contributed by atoms with Crippen molar-refractivity contribution >= 4 is 258 Å². The molecular weight excluding hydrogens is 1390 g/mol. The van der Waals surface area contributed by atoms with E-state index in [-0.39, 0.29) is 13.4 Å². The zero-order valence-electron chi connectivity index (χ0n) is 57.8. The van der Waals surface area contributed by atoms with Crippen molar-refractivity contribution in [1.82, 2.24) is 0 Å². The van der Waals surface area contributed by atoms with Crippen molar-refractivity contribution in [1.29, 1.82) is 0 Å². The largest absolute Gasteiger partial charge is 0.458 e. The predicted molar refractivity (Wildman–Crippen MR) is 467 cm³/mol. The van der Waals surface area contributed by atoms with Gasteiger partial charge in [0.15, 0.2) is 0 Å². The van der Waals surface area contributed by atoms with Gasteiger partial charge in [0, 0.05) is 133 Å². The zero-order valence-corrected chi connectivity index (χ0v) is 61.1. The van der Waals surface area contributed by atoms with Crippen molar-refractivity contribution in [3.05, 3.63) is 346 Å². The summed E-state index contributed by atoms with van der Waals surface area (Å²) in [4.78, 5) is 12.9. The van der Waals surface area contributed by atoms with E-state index in [1.165, 1.54) is 103 Å². The number of hydrogen-bond acceptors (Lipinski definition) is 10. The first-order chi connectivity index (χ1) is 53.6. The van der Waals surface area contributed by atoms with E-state index in [9.17, 15) is 0 Å². The maximum absolute atomic E-state index is 7.51. The fourth-order valence-corrected chi connectivity index (χ4v) is 23.1. The second-order valence-corrected chi connectivity index (χ2v) is 32.8. The third-order valence-corrected chi connectivity index (χ3v) is 27.4. The molecular formula is C96H57B2N5OS4. The average molecular weight is 1450 g/mol. The molecule has 0 aliphatic carbocycles. The molecule has 8 heterocycles. The standard InChI is InChI=1S/C96H57B2N5OS4/c1-4-26-58(27-5-1)99(73-40-23-49-88-91(73)65-33-11-19-46-85(65)105-88)61-52-79-94-80(53-61)103(75-42-25-51-90-93(75)67-35-13-21-48-87(67)107-90)78-57-77-70(56-71(78)97(94)68-37-14-16-39-72(68)102(79)74-41-24-50-89-92(74)66-34-12-20-47-86(66)106-89)98-69-38-15-17-44-82(69)104-83-55-62(54-81(95(83)98)101(77)60-30-8-3-9-31-60)100(59-28-6-2-7-29-59)76-43-22-36-64-63-32-10-18-45-84(63)108-96(64)76/h1-57H. The van der Waals surface area contributed by atoms with Crippen LogP contribution in [0, 0.1) is 0 Å². The number of rotatable bonds is 9. The molecule has 4 aliphatic heterocycles. The molecule has 16 aromatic carbocycles. The van der Waals surface area contributed by atoms with Gasteiger partial charge in [0.1, 0.15) is 11.5 Å². The molecule has 24 rings (SSSR count). The molecule has 0 unspecified atom stereocenters. The Morgan fingerprint density at radius 3 is 1.31 bits per heavy atom. The number of para-hydroxylation sites is 5. The molecule has 0 amide bonds. The van der Waals surface area contributed by atoms with Gasteiger partial charge in [0.05, 0.1) is 38.8 Å². The van der Waals surface area contributed by atoms with E-state index in [1.54, 1.807) is 0 Å². The molecule has 502 valence electrons. The number of thiophene rings is 4. The Morgan fingerprint density at radius 1 is 0.241 bits per heavy atom. The van der Waals surface area contributed by atoms with E-state index in [0.717, 1.165) is 108 Å². The van der Waals surface area contributed by atoms with Crippen LogP contribution in [-0.2, 0) is 0 Å². The van der Waals surface area contributed by atoms with Gasteiger partial charge >= 0.3 is 0 Å². The van der Waals surface area contributed by atoms with E-state index >= 15 is 0 Å². The van der Waals surface area contributed by atoms with Gasteiger partial charge in [-0.05, 0) is 172 Å². The Bertz CT molecular complexity index is 7200. The third-order valence-electron chi connectivity index (χ3n) is 22.8. The van der Waals surface area contributed by atoms with E-state index in [4.69, 9.17) is 4.74 Å². The lowest BCUT2D eigenvalue weighted by atomic mass is 9.30. The second kappa shape index (κ2) is 23.4. The van der Waals surface area contributed by atoms with Crippen molar-refractivity contribution in [3.8, 4) is 11.5 Å². The van der Waals surface area contributed by atoms with Crippen LogP contribution in [-0.4, -0.2) is 13.4 Å². The van der Waals surface area contributed by atoms with Crippen LogP contribution < -0.4 is 62.0 Å². The topological polar surface area (TPSA) is 25.4 Å². The minimum Gasteiger partial charge on any atom is -0.458 e. The highest BCUT2D eigenvalue weighted by atomic mass is 32.1. The Morgan fingerprint density at radius 2 is 0.667 bits per heavy atom. The fourth-order valence-electron chi connectivity index (χ4n) is 18.5. The molecule has 0 fully saturated rings. The number of anilines is 15. The Kier molecular flexibility index (Phi) is 13.1. The molecule has 0 spiro atoms. The Balaban J connectivity index is 0.836.